The van der Waals surface area contributed by atoms with E-state index < -0.39 is 11.6 Å². The number of thiocarbonyl (C=S) groups is 1. The van der Waals surface area contributed by atoms with E-state index in [4.69, 9.17) is 21.7 Å². The smallest absolute Gasteiger partial charge is 0.317 e. The lowest BCUT2D eigenvalue weighted by Crippen LogP contribution is -2.71. The van der Waals surface area contributed by atoms with Crippen molar-refractivity contribution in [3.05, 3.63) is 59.7 Å². The minimum Gasteiger partial charge on any atom is -0.466 e. The van der Waals surface area contributed by atoms with Crippen molar-refractivity contribution in [3.8, 4) is 5.75 Å². The molecule has 6 heteroatoms. The number of hydrogen-bond acceptors (Lipinski definition) is 4. The van der Waals surface area contributed by atoms with Crippen LogP contribution < -0.4 is 15.0 Å². The van der Waals surface area contributed by atoms with E-state index in [1.165, 1.54) is 0 Å². The fourth-order valence-corrected chi connectivity index (χ4v) is 4.42. The first-order chi connectivity index (χ1) is 13.0. The molecule has 0 spiro atoms. The van der Waals surface area contributed by atoms with Gasteiger partial charge in [0.15, 0.2) is 5.11 Å². The Morgan fingerprint density at radius 2 is 1.96 bits per heavy atom. The number of esters is 1. The van der Waals surface area contributed by atoms with Crippen molar-refractivity contribution in [1.29, 1.82) is 0 Å². The van der Waals surface area contributed by atoms with E-state index in [-0.39, 0.29) is 12.0 Å². The summed E-state index contributed by atoms with van der Waals surface area (Å²) in [6, 6.07) is 15.5. The Labute approximate surface area is 164 Å². The second-order valence-corrected chi connectivity index (χ2v) is 7.41. The zero-order valence-corrected chi connectivity index (χ0v) is 16.4. The summed E-state index contributed by atoms with van der Waals surface area (Å²) in [5.74, 6) is -0.121. The molecule has 0 amide bonds. The Balaban J connectivity index is 1.88. The van der Waals surface area contributed by atoms with Crippen molar-refractivity contribution < 1.29 is 14.3 Å². The second kappa shape index (κ2) is 6.53. The molecule has 0 unspecified atom stereocenters. The van der Waals surface area contributed by atoms with Crippen molar-refractivity contribution in [1.82, 2.24) is 5.32 Å². The van der Waals surface area contributed by atoms with Crippen LogP contribution in [0.1, 0.15) is 31.0 Å². The molecular formula is C21H22N2O3S. The predicted molar refractivity (Wildman–Crippen MR) is 108 cm³/mol. The van der Waals surface area contributed by atoms with Crippen molar-refractivity contribution in [2.24, 2.45) is 5.92 Å². The topological polar surface area (TPSA) is 50.8 Å². The Morgan fingerprint density at radius 3 is 2.67 bits per heavy atom. The minimum absolute atomic E-state index is 0.298. The summed E-state index contributed by atoms with van der Waals surface area (Å²) in [6.45, 7) is 6.06. The van der Waals surface area contributed by atoms with Crippen molar-refractivity contribution in [2.75, 3.05) is 11.5 Å². The zero-order valence-electron chi connectivity index (χ0n) is 15.6. The molecule has 0 saturated carbocycles. The highest BCUT2D eigenvalue weighted by Gasteiger charge is 2.59. The number of ether oxygens (including phenoxy) is 2. The van der Waals surface area contributed by atoms with Gasteiger partial charge in [-0.15, -0.1) is 0 Å². The molecule has 4 rings (SSSR count). The number of nitrogens with zero attached hydrogens (tertiary/aromatic N) is 1. The van der Waals surface area contributed by atoms with Gasteiger partial charge in [0.25, 0.3) is 0 Å². The summed E-state index contributed by atoms with van der Waals surface area (Å²) >= 11 is 5.68. The first kappa shape index (κ1) is 17.8. The molecular weight excluding hydrogens is 360 g/mol. The number of aryl methyl sites for hydroxylation is 1. The number of fused-ring (bicyclic) bond motifs is 4. The van der Waals surface area contributed by atoms with Gasteiger partial charge in [-0.25, -0.2) is 0 Å². The lowest BCUT2D eigenvalue weighted by molar-refractivity contribution is -0.159. The summed E-state index contributed by atoms with van der Waals surface area (Å²) in [4.78, 5) is 14.8. The standard InChI is InChI=1S/C21H22N2O3S/c1-4-25-19(24)17-18-15-7-5-6-8-16(15)26-21(17,3)23(20(27)22-18)14-11-9-13(2)10-12-14/h5-12,17-18H,4H2,1-3H3,(H,22,27)/t17-,18+,21+/m1/s1. The van der Waals surface area contributed by atoms with Gasteiger partial charge < -0.3 is 14.8 Å². The minimum atomic E-state index is -0.997. The van der Waals surface area contributed by atoms with Gasteiger partial charge in [0.2, 0.25) is 5.72 Å². The fourth-order valence-electron chi connectivity index (χ4n) is 4.00. The number of hydrogen-bond donors (Lipinski definition) is 1. The molecule has 0 aliphatic carbocycles. The van der Waals surface area contributed by atoms with Crippen LogP contribution in [0.3, 0.4) is 0 Å². The molecule has 2 aromatic carbocycles. The van der Waals surface area contributed by atoms with E-state index in [0.717, 1.165) is 22.6 Å². The fraction of sp³-hybridized carbons (Fsp3) is 0.333. The average molecular weight is 382 g/mol. The van der Waals surface area contributed by atoms with Gasteiger partial charge in [0.05, 0.1) is 12.6 Å². The van der Waals surface area contributed by atoms with E-state index in [2.05, 4.69) is 5.32 Å². The lowest BCUT2D eigenvalue weighted by Gasteiger charge is -2.55. The normalized spacial score (nSPS) is 25.9. The Bertz CT molecular complexity index is 899. The van der Waals surface area contributed by atoms with Crippen molar-refractivity contribution >= 4 is 29.0 Å². The van der Waals surface area contributed by atoms with Crippen LogP contribution in [0.2, 0.25) is 0 Å². The largest absolute Gasteiger partial charge is 0.466 e. The Kier molecular flexibility index (Phi) is 4.30. The molecule has 2 bridgehead atoms. The summed E-state index contributed by atoms with van der Waals surface area (Å²) in [5, 5.41) is 3.89. The van der Waals surface area contributed by atoms with E-state index in [0.29, 0.717) is 11.7 Å². The zero-order chi connectivity index (χ0) is 19.2. The number of anilines is 1. The van der Waals surface area contributed by atoms with Gasteiger partial charge >= 0.3 is 5.97 Å². The predicted octanol–water partition coefficient (Wildman–Crippen LogP) is 3.72. The van der Waals surface area contributed by atoms with Crippen LogP contribution in [0.5, 0.6) is 5.75 Å². The number of benzene rings is 2. The highest BCUT2D eigenvalue weighted by Crippen LogP contribution is 2.49. The van der Waals surface area contributed by atoms with E-state index in [1.54, 1.807) is 0 Å². The summed E-state index contributed by atoms with van der Waals surface area (Å²) in [7, 11) is 0. The van der Waals surface area contributed by atoms with Crippen LogP contribution in [-0.4, -0.2) is 23.4 Å². The summed E-state index contributed by atoms with van der Waals surface area (Å²) in [6.07, 6.45) is 0. The molecule has 2 aliphatic rings. The highest BCUT2D eigenvalue weighted by atomic mass is 32.1. The average Bonchev–Trinajstić information content (AvgIpc) is 2.62. The van der Waals surface area contributed by atoms with E-state index in [9.17, 15) is 4.79 Å². The molecule has 27 heavy (non-hydrogen) atoms. The van der Waals surface area contributed by atoms with Gasteiger partial charge in [-0.05, 0) is 51.2 Å². The second-order valence-electron chi connectivity index (χ2n) is 7.02. The van der Waals surface area contributed by atoms with Gasteiger partial charge in [-0.2, -0.15) is 0 Å². The molecule has 2 aliphatic heterocycles. The molecule has 0 aromatic heterocycles. The monoisotopic (exact) mass is 382 g/mol. The van der Waals surface area contributed by atoms with Crippen LogP contribution in [0.25, 0.3) is 0 Å². The molecule has 1 saturated heterocycles. The quantitative estimate of drug-likeness (QED) is 0.645. The molecule has 1 N–H and O–H groups in total. The third kappa shape index (κ3) is 2.75. The summed E-state index contributed by atoms with van der Waals surface area (Å²) < 4.78 is 11.8. The number of para-hydroxylation sites is 1. The highest BCUT2D eigenvalue weighted by molar-refractivity contribution is 7.80. The van der Waals surface area contributed by atoms with Crippen LogP contribution in [0.4, 0.5) is 5.69 Å². The van der Waals surface area contributed by atoms with Crippen molar-refractivity contribution in [3.63, 3.8) is 0 Å². The molecule has 2 heterocycles. The maximum atomic E-state index is 13.0. The molecule has 3 atom stereocenters. The Morgan fingerprint density at radius 1 is 1.26 bits per heavy atom. The molecule has 140 valence electrons. The SMILES string of the molecule is CCOC(=O)[C@H]1[C@H]2NC(=S)N(c3ccc(C)cc3)[C@@]1(C)Oc1ccccc12. The first-order valence-electron chi connectivity index (χ1n) is 9.07. The van der Waals surface area contributed by atoms with E-state index >= 15 is 0 Å². The molecule has 1 fully saturated rings. The number of nitrogens with one attached hydrogen (secondary N) is 1. The third-order valence-corrected chi connectivity index (χ3v) is 5.54. The lowest BCUT2D eigenvalue weighted by atomic mass is 9.79. The molecule has 2 aromatic rings. The third-order valence-electron chi connectivity index (χ3n) is 5.24. The first-order valence-corrected chi connectivity index (χ1v) is 9.48. The molecule has 5 nitrogen and oxygen atoms in total. The van der Waals surface area contributed by atoms with Crippen LogP contribution >= 0.6 is 12.2 Å². The van der Waals surface area contributed by atoms with E-state index in [1.807, 2.05) is 74.2 Å². The van der Waals surface area contributed by atoms with Gasteiger partial charge in [-0.3, -0.25) is 9.69 Å². The van der Waals surface area contributed by atoms with Gasteiger partial charge in [0.1, 0.15) is 11.7 Å². The number of carbonyl (C=O) groups is 1. The van der Waals surface area contributed by atoms with Gasteiger partial charge in [0, 0.05) is 11.3 Å². The Hall–Kier alpha value is -2.60. The maximum Gasteiger partial charge on any atom is 0.317 e. The van der Waals surface area contributed by atoms with Crippen LogP contribution in [-0.2, 0) is 9.53 Å². The maximum absolute atomic E-state index is 13.0. The number of carbonyl (C=O) groups excluding carboxylic acids is 1. The van der Waals surface area contributed by atoms with Crippen molar-refractivity contribution in [2.45, 2.75) is 32.5 Å². The van der Waals surface area contributed by atoms with Crippen LogP contribution in [0, 0.1) is 12.8 Å². The van der Waals surface area contributed by atoms with Crippen LogP contribution in [0.15, 0.2) is 48.5 Å². The summed E-state index contributed by atoms with van der Waals surface area (Å²) in [5.41, 5.74) is 1.93. The molecule has 0 radical (unpaired) electrons. The number of rotatable bonds is 3. The van der Waals surface area contributed by atoms with Gasteiger partial charge in [-0.1, -0.05) is 35.9 Å².